The Morgan fingerprint density at radius 1 is 0.773 bits per heavy atom. The highest BCUT2D eigenvalue weighted by Gasteiger charge is 2.24. The second-order valence-electron chi connectivity index (χ2n) is 10.4. The topological polar surface area (TPSA) is 109 Å². The summed E-state index contributed by atoms with van der Waals surface area (Å²) in [6.45, 7) is 2.49. The number of aliphatic carboxylic acids is 1. The number of aromatic nitrogens is 1. The van der Waals surface area contributed by atoms with Crippen molar-refractivity contribution >= 4 is 17.8 Å². The highest BCUT2D eigenvalue weighted by molar-refractivity contribution is 6.06. The number of methoxy groups -OCH3 is 2. The molecule has 1 aromatic heterocycles. The van der Waals surface area contributed by atoms with E-state index in [2.05, 4.69) is 4.98 Å². The molecule has 0 fully saturated rings. The third-order valence-corrected chi connectivity index (χ3v) is 7.32. The molecule has 0 bridgehead atoms. The molecule has 2 amide bonds. The van der Waals surface area contributed by atoms with Gasteiger partial charge in [0.15, 0.2) is 11.5 Å². The summed E-state index contributed by atoms with van der Waals surface area (Å²) in [6.07, 6.45) is 0.205. The second kappa shape index (κ2) is 14.8. The number of rotatable bonds is 13. The van der Waals surface area contributed by atoms with Gasteiger partial charge in [-0.25, -0.2) is 0 Å². The minimum absolute atomic E-state index is 0.0155. The van der Waals surface area contributed by atoms with Gasteiger partial charge in [0, 0.05) is 37.0 Å². The van der Waals surface area contributed by atoms with E-state index >= 15 is 0 Å². The smallest absolute Gasteiger partial charge is 0.305 e. The van der Waals surface area contributed by atoms with E-state index in [1.165, 1.54) is 4.90 Å². The van der Waals surface area contributed by atoms with Crippen LogP contribution in [0.4, 0.5) is 0 Å². The van der Waals surface area contributed by atoms with Gasteiger partial charge in [0.2, 0.25) is 0 Å². The molecular formula is C35H37N3O6. The standard InChI is InChI=1S/C35H37N3O6/c1-24-11-9-13-26(36-24)23-37(2)34(41)29-16-7-5-14-27(29)28-15-6-8-17-30(28)35(42)38(22-20-32(39)40)21-19-25-12-10-18-31(43-3)33(25)44-4/h5-18H,19-23H2,1-4H3,(H,39,40). The van der Waals surface area contributed by atoms with Crippen molar-refractivity contribution in [3.8, 4) is 22.6 Å². The average molecular weight is 596 g/mol. The number of aryl methyl sites for hydroxylation is 1. The van der Waals surface area contributed by atoms with Gasteiger partial charge in [0.1, 0.15) is 0 Å². The first kappa shape index (κ1) is 31.7. The zero-order valence-electron chi connectivity index (χ0n) is 25.4. The van der Waals surface area contributed by atoms with E-state index in [0.29, 0.717) is 46.7 Å². The number of amides is 2. The zero-order chi connectivity index (χ0) is 31.6. The molecule has 0 aliphatic rings. The Hall–Kier alpha value is -5.18. The Morgan fingerprint density at radius 3 is 2.02 bits per heavy atom. The SMILES string of the molecule is COc1cccc(CCN(CCC(=O)O)C(=O)c2ccccc2-c2ccccc2C(=O)N(C)Cc2cccc(C)n2)c1OC. The van der Waals surface area contributed by atoms with Crippen molar-refractivity contribution in [2.24, 2.45) is 0 Å². The fourth-order valence-electron chi connectivity index (χ4n) is 5.14. The molecule has 4 aromatic rings. The molecule has 0 saturated carbocycles. The van der Waals surface area contributed by atoms with Crippen LogP contribution in [0.2, 0.25) is 0 Å². The lowest BCUT2D eigenvalue weighted by molar-refractivity contribution is -0.137. The third kappa shape index (κ3) is 7.60. The van der Waals surface area contributed by atoms with Crippen LogP contribution < -0.4 is 9.47 Å². The molecule has 0 aliphatic heterocycles. The van der Waals surface area contributed by atoms with Crippen LogP contribution >= 0.6 is 0 Å². The van der Waals surface area contributed by atoms with E-state index in [4.69, 9.17) is 9.47 Å². The van der Waals surface area contributed by atoms with Gasteiger partial charge in [0.25, 0.3) is 11.8 Å². The van der Waals surface area contributed by atoms with E-state index in [1.807, 2.05) is 61.5 Å². The zero-order valence-corrected chi connectivity index (χ0v) is 25.4. The summed E-state index contributed by atoms with van der Waals surface area (Å²) in [5, 5.41) is 9.43. The van der Waals surface area contributed by atoms with Gasteiger partial charge in [-0.2, -0.15) is 0 Å². The highest BCUT2D eigenvalue weighted by Crippen LogP contribution is 2.32. The first-order chi connectivity index (χ1) is 21.2. The molecule has 0 spiro atoms. The monoisotopic (exact) mass is 595 g/mol. The van der Waals surface area contributed by atoms with Crippen LogP contribution in [-0.4, -0.2) is 72.0 Å². The fourth-order valence-corrected chi connectivity index (χ4v) is 5.14. The maximum atomic E-state index is 14.1. The molecule has 3 aromatic carbocycles. The molecule has 44 heavy (non-hydrogen) atoms. The maximum absolute atomic E-state index is 14.1. The van der Waals surface area contributed by atoms with E-state index in [1.54, 1.807) is 56.5 Å². The number of benzene rings is 3. The summed E-state index contributed by atoms with van der Waals surface area (Å²) >= 11 is 0. The van der Waals surface area contributed by atoms with E-state index in [-0.39, 0.29) is 31.3 Å². The van der Waals surface area contributed by atoms with Crippen LogP contribution in [0.5, 0.6) is 11.5 Å². The number of ether oxygens (including phenoxy) is 2. The number of carbonyl (C=O) groups is 3. The van der Waals surface area contributed by atoms with Gasteiger partial charge in [-0.15, -0.1) is 0 Å². The number of carboxylic acid groups (broad SMARTS) is 1. The van der Waals surface area contributed by atoms with Gasteiger partial charge in [-0.3, -0.25) is 19.4 Å². The molecule has 0 aliphatic carbocycles. The molecule has 1 heterocycles. The molecule has 9 nitrogen and oxygen atoms in total. The van der Waals surface area contributed by atoms with Crippen molar-refractivity contribution in [1.29, 1.82) is 0 Å². The van der Waals surface area contributed by atoms with Crippen molar-refractivity contribution in [2.75, 3.05) is 34.4 Å². The van der Waals surface area contributed by atoms with Crippen LogP contribution in [0.25, 0.3) is 11.1 Å². The Labute approximate surface area is 257 Å². The van der Waals surface area contributed by atoms with Gasteiger partial charge in [-0.05, 0) is 60.4 Å². The van der Waals surface area contributed by atoms with E-state index in [0.717, 1.165) is 17.0 Å². The molecule has 0 radical (unpaired) electrons. The number of carboxylic acids is 1. The van der Waals surface area contributed by atoms with Crippen LogP contribution in [0.15, 0.2) is 84.9 Å². The first-order valence-electron chi connectivity index (χ1n) is 14.3. The van der Waals surface area contributed by atoms with Gasteiger partial charge >= 0.3 is 5.97 Å². The molecule has 4 rings (SSSR count). The summed E-state index contributed by atoms with van der Waals surface area (Å²) in [4.78, 5) is 47.0. The molecule has 228 valence electrons. The summed E-state index contributed by atoms with van der Waals surface area (Å²) in [5.41, 5.74) is 4.49. The Balaban J connectivity index is 1.65. The highest BCUT2D eigenvalue weighted by atomic mass is 16.5. The minimum Gasteiger partial charge on any atom is -0.493 e. The first-order valence-corrected chi connectivity index (χ1v) is 14.3. The average Bonchev–Trinajstić information content (AvgIpc) is 3.03. The number of pyridine rings is 1. The Kier molecular flexibility index (Phi) is 10.7. The summed E-state index contributed by atoms with van der Waals surface area (Å²) in [5.74, 6) is -0.402. The van der Waals surface area contributed by atoms with Crippen molar-refractivity contribution in [1.82, 2.24) is 14.8 Å². The van der Waals surface area contributed by atoms with E-state index in [9.17, 15) is 19.5 Å². The van der Waals surface area contributed by atoms with E-state index < -0.39 is 5.97 Å². The predicted octanol–water partition coefficient (Wildman–Crippen LogP) is 5.51. The summed E-state index contributed by atoms with van der Waals surface area (Å²) in [6, 6.07) is 25.5. The summed E-state index contributed by atoms with van der Waals surface area (Å²) < 4.78 is 11.0. The number of nitrogens with zero attached hydrogens (tertiary/aromatic N) is 3. The van der Waals surface area contributed by atoms with Crippen molar-refractivity contribution in [3.63, 3.8) is 0 Å². The normalized spacial score (nSPS) is 10.6. The number of para-hydroxylation sites is 1. The lowest BCUT2D eigenvalue weighted by Crippen LogP contribution is -2.35. The molecule has 9 heteroatoms. The van der Waals surface area contributed by atoms with Crippen molar-refractivity contribution in [2.45, 2.75) is 26.3 Å². The molecule has 0 unspecified atom stereocenters. The molecule has 0 saturated heterocycles. The van der Waals surface area contributed by atoms with Crippen molar-refractivity contribution < 1.29 is 29.0 Å². The number of hydrogen-bond acceptors (Lipinski definition) is 6. The number of hydrogen-bond donors (Lipinski definition) is 1. The predicted molar refractivity (Wildman–Crippen MR) is 168 cm³/mol. The maximum Gasteiger partial charge on any atom is 0.305 e. The quantitative estimate of drug-likeness (QED) is 0.217. The van der Waals surface area contributed by atoms with Gasteiger partial charge in [-0.1, -0.05) is 54.6 Å². The van der Waals surface area contributed by atoms with Crippen LogP contribution in [0, 0.1) is 6.92 Å². The fraction of sp³-hybridized carbons (Fsp3) is 0.257. The molecule has 1 N–H and O–H groups in total. The molecule has 0 atom stereocenters. The largest absolute Gasteiger partial charge is 0.493 e. The third-order valence-electron chi connectivity index (χ3n) is 7.32. The Bertz CT molecular complexity index is 1640. The van der Waals surface area contributed by atoms with Crippen LogP contribution in [0.1, 0.15) is 44.1 Å². The Morgan fingerprint density at radius 2 is 1.41 bits per heavy atom. The lowest BCUT2D eigenvalue weighted by Gasteiger charge is -2.25. The van der Waals surface area contributed by atoms with Crippen LogP contribution in [0.3, 0.4) is 0 Å². The lowest BCUT2D eigenvalue weighted by atomic mass is 9.94. The van der Waals surface area contributed by atoms with Gasteiger partial charge in [0.05, 0.1) is 32.9 Å². The van der Waals surface area contributed by atoms with Gasteiger partial charge < -0.3 is 24.4 Å². The second-order valence-corrected chi connectivity index (χ2v) is 10.4. The summed E-state index contributed by atoms with van der Waals surface area (Å²) in [7, 11) is 4.83. The molecular weight excluding hydrogens is 558 g/mol. The van der Waals surface area contributed by atoms with Crippen molar-refractivity contribution in [3.05, 3.63) is 113 Å². The van der Waals surface area contributed by atoms with Crippen LogP contribution in [-0.2, 0) is 17.8 Å². The minimum atomic E-state index is -1.00. The number of carbonyl (C=O) groups excluding carboxylic acids is 2.